The number of aryl methyl sites for hydroxylation is 2. The van der Waals surface area contributed by atoms with E-state index in [0.717, 1.165) is 63.8 Å². The third kappa shape index (κ3) is 5.56. The maximum absolute atomic E-state index is 12.5. The van der Waals surface area contributed by atoms with Crippen LogP contribution in [0.3, 0.4) is 0 Å². The molecule has 0 spiro atoms. The Hall–Kier alpha value is -2.69. The van der Waals surface area contributed by atoms with Crippen LogP contribution >= 0.6 is 11.3 Å². The number of fused-ring (bicyclic) bond motifs is 1. The molecule has 0 saturated carbocycles. The molecule has 6 nitrogen and oxygen atoms in total. The fourth-order valence-electron chi connectivity index (χ4n) is 4.53. The fourth-order valence-corrected chi connectivity index (χ4v) is 5.78. The third-order valence-electron chi connectivity index (χ3n) is 6.37. The van der Waals surface area contributed by atoms with E-state index in [4.69, 9.17) is 0 Å². The lowest BCUT2D eigenvalue weighted by atomic mass is 10.1. The number of hydrogen-bond donors (Lipinski definition) is 1. The van der Waals surface area contributed by atoms with Gasteiger partial charge in [-0.25, -0.2) is 0 Å². The van der Waals surface area contributed by atoms with Gasteiger partial charge in [-0.3, -0.25) is 14.5 Å². The van der Waals surface area contributed by atoms with E-state index in [-0.39, 0.29) is 11.8 Å². The second-order valence-corrected chi connectivity index (χ2v) is 9.64. The minimum Gasteiger partial charge on any atom is -0.340 e. The maximum atomic E-state index is 12.5. The molecule has 1 aliphatic heterocycles. The smallest absolute Gasteiger partial charge is 0.226 e. The number of anilines is 1. The highest BCUT2D eigenvalue weighted by atomic mass is 32.1. The van der Waals surface area contributed by atoms with Crippen LogP contribution in [0.4, 0.5) is 5.00 Å². The van der Waals surface area contributed by atoms with Crippen LogP contribution in [0.2, 0.25) is 0 Å². The predicted octanol–water partition coefficient (Wildman–Crippen LogP) is 3.60. The van der Waals surface area contributed by atoms with Gasteiger partial charge in [-0.2, -0.15) is 5.26 Å². The number of nitrogens with one attached hydrogen (secondary N) is 1. The van der Waals surface area contributed by atoms with E-state index >= 15 is 0 Å². The Morgan fingerprint density at radius 1 is 1.06 bits per heavy atom. The van der Waals surface area contributed by atoms with Gasteiger partial charge >= 0.3 is 0 Å². The molecule has 168 valence electrons. The number of nitrogens with zero attached hydrogens (tertiary/aromatic N) is 3. The summed E-state index contributed by atoms with van der Waals surface area (Å²) >= 11 is 1.56. The zero-order valence-electron chi connectivity index (χ0n) is 18.4. The van der Waals surface area contributed by atoms with Crippen molar-refractivity contribution >= 4 is 28.2 Å². The third-order valence-corrected chi connectivity index (χ3v) is 7.57. The van der Waals surface area contributed by atoms with E-state index in [1.165, 1.54) is 10.4 Å². The van der Waals surface area contributed by atoms with E-state index in [1.807, 2.05) is 23.1 Å². The molecule has 1 N–H and O–H groups in total. The first-order chi connectivity index (χ1) is 15.6. The van der Waals surface area contributed by atoms with Crippen molar-refractivity contribution in [2.75, 3.05) is 38.0 Å². The number of piperazine rings is 1. The number of nitriles is 1. The number of amides is 2. The molecule has 2 aromatic rings. The number of carbonyl (C=O) groups is 2. The fraction of sp³-hybridized carbons (Fsp3) is 0.480. The zero-order valence-corrected chi connectivity index (χ0v) is 19.3. The van der Waals surface area contributed by atoms with Gasteiger partial charge in [0.05, 0.1) is 5.56 Å². The topological polar surface area (TPSA) is 76.4 Å². The summed E-state index contributed by atoms with van der Waals surface area (Å²) in [7, 11) is 0. The summed E-state index contributed by atoms with van der Waals surface area (Å²) in [6.45, 7) is 3.72. The van der Waals surface area contributed by atoms with Crippen molar-refractivity contribution in [2.24, 2.45) is 0 Å². The van der Waals surface area contributed by atoms with Crippen LogP contribution in [0.15, 0.2) is 30.3 Å². The van der Waals surface area contributed by atoms with Crippen molar-refractivity contribution in [1.82, 2.24) is 9.80 Å². The van der Waals surface area contributed by atoms with E-state index in [0.29, 0.717) is 30.0 Å². The van der Waals surface area contributed by atoms with Gasteiger partial charge in [0.1, 0.15) is 11.1 Å². The van der Waals surface area contributed by atoms with E-state index in [2.05, 4.69) is 28.4 Å². The molecule has 2 aliphatic rings. The van der Waals surface area contributed by atoms with Gasteiger partial charge in [-0.05, 0) is 43.2 Å². The summed E-state index contributed by atoms with van der Waals surface area (Å²) < 4.78 is 0. The van der Waals surface area contributed by atoms with Crippen LogP contribution in [-0.2, 0) is 28.9 Å². The van der Waals surface area contributed by atoms with E-state index in [1.54, 1.807) is 11.3 Å². The lowest BCUT2D eigenvalue weighted by Gasteiger charge is -2.34. The zero-order chi connectivity index (χ0) is 22.3. The Labute approximate surface area is 193 Å². The number of benzene rings is 1. The number of rotatable bonds is 8. The van der Waals surface area contributed by atoms with Crippen LogP contribution in [0, 0.1) is 11.3 Å². The Bertz CT molecular complexity index is 987. The average Bonchev–Trinajstić information content (AvgIpc) is 3.39. The number of thiophene rings is 1. The molecule has 0 atom stereocenters. The summed E-state index contributed by atoms with van der Waals surface area (Å²) in [6, 6.07) is 12.6. The summed E-state index contributed by atoms with van der Waals surface area (Å²) in [6.07, 6.45) is 5.86. The van der Waals surface area contributed by atoms with Crippen molar-refractivity contribution < 1.29 is 9.59 Å². The van der Waals surface area contributed by atoms with Crippen molar-refractivity contribution in [3.05, 3.63) is 51.9 Å². The maximum Gasteiger partial charge on any atom is 0.226 e. The Kier molecular flexibility index (Phi) is 7.56. The van der Waals surface area contributed by atoms with Crippen LogP contribution in [0.5, 0.6) is 0 Å². The highest BCUT2D eigenvalue weighted by Crippen LogP contribution is 2.38. The first-order valence-electron chi connectivity index (χ1n) is 11.5. The lowest BCUT2D eigenvalue weighted by Crippen LogP contribution is -2.49. The highest BCUT2D eigenvalue weighted by Gasteiger charge is 2.24. The first kappa shape index (κ1) is 22.5. The molecule has 1 aliphatic carbocycles. The SMILES string of the molecule is N#Cc1c(NC(=O)CCN2CCN(C(=O)CCCc3ccccc3)CC2)sc2c1CCC2. The van der Waals surface area contributed by atoms with Crippen LogP contribution < -0.4 is 5.32 Å². The van der Waals surface area contributed by atoms with Gasteiger partial charge in [0, 0.05) is 50.4 Å². The largest absolute Gasteiger partial charge is 0.340 e. The van der Waals surface area contributed by atoms with Crippen LogP contribution in [0.1, 0.15) is 47.3 Å². The van der Waals surface area contributed by atoms with Gasteiger partial charge in [0.25, 0.3) is 0 Å². The molecular weight excluding hydrogens is 420 g/mol. The van der Waals surface area contributed by atoms with Gasteiger partial charge < -0.3 is 10.2 Å². The minimum absolute atomic E-state index is 0.0409. The molecule has 32 heavy (non-hydrogen) atoms. The molecule has 2 amide bonds. The van der Waals surface area contributed by atoms with Gasteiger partial charge in [0.15, 0.2) is 0 Å². The predicted molar refractivity (Wildman–Crippen MR) is 127 cm³/mol. The monoisotopic (exact) mass is 450 g/mol. The number of carbonyl (C=O) groups excluding carboxylic acids is 2. The summed E-state index contributed by atoms with van der Waals surface area (Å²) in [4.78, 5) is 30.4. The molecule has 0 radical (unpaired) electrons. The van der Waals surface area contributed by atoms with Crippen molar-refractivity contribution in [2.45, 2.75) is 44.9 Å². The van der Waals surface area contributed by atoms with Crippen LogP contribution in [0.25, 0.3) is 0 Å². The molecular formula is C25H30N4O2S. The molecule has 0 unspecified atom stereocenters. The first-order valence-corrected chi connectivity index (χ1v) is 12.3. The highest BCUT2D eigenvalue weighted by molar-refractivity contribution is 7.16. The Morgan fingerprint density at radius 2 is 1.84 bits per heavy atom. The average molecular weight is 451 g/mol. The van der Waals surface area contributed by atoms with Crippen LogP contribution in [-0.4, -0.2) is 54.3 Å². The Morgan fingerprint density at radius 3 is 2.59 bits per heavy atom. The molecule has 1 aromatic heterocycles. The molecule has 4 rings (SSSR count). The standard InChI is InChI=1S/C25H30N4O2S/c26-18-21-20-9-5-10-22(20)32-25(21)27-23(30)12-13-28-14-16-29(17-15-28)24(31)11-4-8-19-6-2-1-3-7-19/h1-3,6-7H,4-5,8-17H2,(H,27,30). The normalized spacial score (nSPS) is 15.9. The van der Waals surface area contributed by atoms with Crippen molar-refractivity contribution in [3.8, 4) is 6.07 Å². The summed E-state index contributed by atoms with van der Waals surface area (Å²) in [5.74, 6) is 0.189. The van der Waals surface area contributed by atoms with Crippen molar-refractivity contribution in [3.63, 3.8) is 0 Å². The molecule has 2 heterocycles. The van der Waals surface area contributed by atoms with E-state index in [9.17, 15) is 14.9 Å². The van der Waals surface area contributed by atoms with E-state index < -0.39 is 0 Å². The minimum atomic E-state index is -0.0409. The Balaban J connectivity index is 1.15. The molecule has 0 bridgehead atoms. The molecule has 1 aromatic carbocycles. The quantitative estimate of drug-likeness (QED) is 0.667. The van der Waals surface area contributed by atoms with Gasteiger partial charge in [-0.15, -0.1) is 11.3 Å². The van der Waals surface area contributed by atoms with Crippen molar-refractivity contribution in [1.29, 1.82) is 5.26 Å². The van der Waals surface area contributed by atoms with Gasteiger partial charge in [0.2, 0.25) is 11.8 Å². The lowest BCUT2D eigenvalue weighted by molar-refractivity contribution is -0.133. The summed E-state index contributed by atoms with van der Waals surface area (Å²) in [5.41, 5.74) is 3.07. The van der Waals surface area contributed by atoms with Gasteiger partial charge in [-0.1, -0.05) is 30.3 Å². The number of hydrogen-bond acceptors (Lipinski definition) is 5. The molecule has 1 fully saturated rings. The second kappa shape index (κ2) is 10.8. The molecule has 1 saturated heterocycles. The summed E-state index contributed by atoms with van der Waals surface area (Å²) in [5, 5.41) is 13.1. The molecule has 7 heteroatoms. The second-order valence-electron chi connectivity index (χ2n) is 8.53.